The lowest BCUT2D eigenvalue weighted by atomic mass is 10.1. The Morgan fingerprint density at radius 1 is 1.21 bits per heavy atom. The molecule has 3 nitrogen and oxygen atoms in total. The minimum Gasteiger partial charge on any atom is -0.396 e. The molecule has 0 saturated carbocycles. The highest BCUT2D eigenvalue weighted by Gasteiger charge is 2.10. The second kappa shape index (κ2) is 10.0. The zero-order valence-electron chi connectivity index (χ0n) is 12.6. The van der Waals surface area contributed by atoms with Crippen molar-refractivity contribution in [2.24, 2.45) is 0 Å². The first-order chi connectivity index (χ1) is 9.31. The topological polar surface area (TPSA) is 37.2 Å². The standard InChI is InChI=1S/C16H30N2O/c1-3-9-16(17-4-2)15-10-12-18(14-15)11-7-5-6-8-13-19/h10,12,14,16-17,19H,3-9,11,13H2,1-2H3. The Morgan fingerprint density at radius 3 is 2.68 bits per heavy atom. The lowest BCUT2D eigenvalue weighted by Gasteiger charge is -2.15. The van der Waals surface area contributed by atoms with E-state index in [0.29, 0.717) is 12.6 Å². The molecule has 0 saturated heterocycles. The highest BCUT2D eigenvalue weighted by atomic mass is 16.2. The van der Waals surface area contributed by atoms with E-state index in [9.17, 15) is 0 Å². The molecule has 110 valence electrons. The third-order valence-electron chi connectivity index (χ3n) is 3.53. The van der Waals surface area contributed by atoms with Crippen molar-refractivity contribution in [2.45, 2.75) is 65.0 Å². The summed E-state index contributed by atoms with van der Waals surface area (Å²) in [6, 6.07) is 2.75. The maximum Gasteiger partial charge on any atom is 0.0431 e. The average molecular weight is 266 g/mol. The first-order valence-corrected chi connectivity index (χ1v) is 7.81. The van der Waals surface area contributed by atoms with Crippen molar-refractivity contribution in [3.8, 4) is 0 Å². The summed E-state index contributed by atoms with van der Waals surface area (Å²) in [5.41, 5.74) is 1.42. The van der Waals surface area contributed by atoms with Gasteiger partial charge in [0.25, 0.3) is 0 Å². The van der Waals surface area contributed by atoms with Crippen LogP contribution in [0.2, 0.25) is 0 Å². The third-order valence-corrected chi connectivity index (χ3v) is 3.53. The van der Waals surface area contributed by atoms with Gasteiger partial charge in [-0.1, -0.05) is 33.1 Å². The Kier molecular flexibility index (Phi) is 8.59. The Bertz CT molecular complexity index is 316. The van der Waals surface area contributed by atoms with Gasteiger partial charge in [0.15, 0.2) is 0 Å². The zero-order chi connectivity index (χ0) is 13.9. The maximum absolute atomic E-state index is 8.74. The first-order valence-electron chi connectivity index (χ1n) is 7.81. The van der Waals surface area contributed by atoms with E-state index in [1.165, 1.54) is 31.2 Å². The monoisotopic (exact) mass is 266 g/mol. The van der Waals surface area contributed by atoms with Gasteiger partial charge in [-0.05, 0) is 37.4 Å². The van der Waals surface area contributed by atoms with Crippen LogP contribution in [0.4, 0.5) is 0 Å². The molecule has 3 heteroatoms. The molecule has 0 amide bonds. The summed E-state index contributed by atoms with van der Waals surface area (Å²) < 4.78 is 2.30. The molecule has 0 bridgehead atoms. The number of aliphatic hydroxyl groups is 1. The Labute approximate surface area is 118 Å². The van der Waals surface area contributed by atoms with E-state index in [1.54, 1.807) is 0 Å². The fraction of sp³-hybridized carbons (Fsp3) is 0.750. The predicted molar refractivity (Wildman–Crippen MR) is 81.3 cm³/mol. The van der Waals surface area contributed by atoms with Crippen molar-refractivity contribution in [1.29, 1.82) is 0 Å². The summed E-state index contributed by atoms with van der Waals surface area (Å²) >= 11 is 0. The van der Waals surface area contributed by atoms with Crippen LogP contribution in [0.5, 0.6) is 0 Å². The summed E-state index contributed by atoms with van der Waals surface area (Å²) in [4.78, 5) is 0. The minimum absolute atomic E-state index is 0.328. The Hall–Kier alpha value is -0.800. The number of rotatable bonds is 11. The summed E-state index contributed by atoms with van der Waals surface area (Å²) in [5.74, 6) is 0. The van der Waals surface area contributed by atoms with E-state index in [4.69, 9.17) is 5.11 Å². The van der Waals surface area contributed by atoms with Crippen molar-refractivity contribution in [1.82, 2.24) is 9.88 Å². The van der Waals surface area contributed by atoms with Crippen molar-refractivity contribution in [2.75, 3.05) is 13.2 Å². The van der Waals surface area contributed by atoms with E-state index in [0.717, 1.165) is 25.9 Å². The quantitative estimate of drug-likeness (QED) is 0.602. The third kappa shape index (κ3) is 6.26. The van der Waals surface area contributed by atoms with Crippen molar-refractivity contribution in [3.05, 3.63) is 24.0 Å². The van der Waals surface area contributed by atoms with Crippen LogP contribution in [-0.4, -0.2) is 22.8 Å². The number of unbranched alkanes of at least 4 members (excludes halogenated alkanes) is 3. The van der Waals surface area contributed by atoms with E-state index in [1.807, 2.05) is 0 Å². The highest BCUT2D eigenvalue weighted by molar-refractivity contribution is 5.15. The Balaban J connectivity index is 2.37. The molecule has 0 fully saturated rings. The largest absolute Gasteiger partial charge is 0.396 e. The molecule has 0 spiro atoms. The number of nitrogens with zero attached hydrogens (tertiary/aromatic N) is 1. The van der Waals surface area contributed by atoms with Gasteiger partial charge in [-0.3, -0.25) is 0 Å². The molecule has 0 aromatic carbocycles. The average Bonchev–Trinajstić information content (AvgIpc) is 2.87. The van der Waals surface area contributed by atoms with Gasteiger partial charge in [0.1, 0.15) is 0 Å². The fourth-order valence-electron chi connectivity index (χ4n) is 2.49. The molecule has 0 aliphatic carbocycles. The molecular weight excluding hydrogens is 236 g/mol. The second-order valence-electron chi connectivity index (χ2n) is 5.22. The van der Waals surface area contributed by atoms with Crippen LogP contribution in [0.15, 0.2) is 18.5 Å². The molecule has 1 unspecified atom stereocenters. The number of hydrogen-bond acceptors (Lipinski definition) is 2. The summed E-state index contributed by atoms with van der Waals surface area (Å²) in [5, 5.41) is 12.3. The first kappa shape index (κ1) is 16.3. The minimum atomic E-state index is 0.328. The Morgan fingerprint density at radius 2 is 2.00 bits per heavy atom. The lowest BCUT2D eigenvalue weighted by Crippen LogP contribution is -2.20. The molecule has 1 heterocycles. The van der Waals surface area contributed by atoms with Crippen LogP contribution >= 0.6 is 0 Å². The number of hydrogen-bond donors (Lipinski definition) is 2. The van der Waals surface area contributed by atoms with Crippen molar-refractivity contribution < 1.29 is 5.11 Å². The van der Waals surface area contributed by atoms with Gasteiger partial charge in [0, 0.05) is 31.6 Å². The number of nitrogens with one attached hydrogen (secondary N) is 1. The molecular formula is C16H30N2O. The highest BCUT2D eigenvalue weighted by Crippen LogP contribution is 2.19. The van der Waals surface area contributed by atoms with Gasteiger partial charge in [-0.2, -0.15) is 0 Å². The van der Waals surface area contributed by atoms with Crippen LogP contribution in [0.3, 0.4) is 0 Å². The lowest BCUT2D eigenvalue weighted by molar-refractivity contribution is 0.282. The molecule has 1 atom stereocenters. The summed E-state index contributed by atoms with van der Waals surface area (Å²) in [6.07, 6.45) is 11.4. The SMILES string of the molecule is CCCC(NCC)c1ccn(CCCCCCO)c1. The molecule has 1 rings (SSSR count). The number of aromatic nitrogens is 1. The van der Waals surface area contributed by atoms with Crippen LogP contribution in [-0.2, 0) is 6.54 Å². The van der Waals surface area contributed by atoms with Gasteiger partial charge in [0.2, 0.25) is 0 Å². The number of aliphatic hydroxyl groups excluding tert-OH is 1. The number of aryl methyl sites for hydroxylation is 1. The van der Waals surface area contributed by atoms with Crippen LogP contribution in [0.1, 0.15) is 64.0 Å². The predicted octanol–water partition coefficient (Wildman–Crippen LogP) is 3.49. The van der Waals surface area contributed by atoms with Crippen molar-refractivity contribution >= 4 is 0 Å². The van der Waals surface area contributed by atoms with E-state index in [2.05, 4.69) is 42.2 Å². The molecule has 0 aliphatic rings. The van der Waals surface area contributed by atoms with Crippen LogP contribution in [0.25, 0.3) is 0 Å². The van der Waals surface area contributed by atoms with E-state index in [-0.39, 0.29) is 0 Å². The van der Waals surface area contributed by atoms with Gasteiger partial charge in [-0.25, -0.2) is 0 Å². The summed E-state index contributed by atoms with van der Waals surface area (Å²) in [7, 11) is 0. The van der Waals surface area contributed by atoms with E-state index >= 15 is 0 Å². The molecule has 2 N–H and O–H groups in total. The van der Waals surface area contributed by atoms with Crippen LogP contribution < -0.4 is 5.32 Å². The molecule has 1 aromatic rings. The van der Waals surface area contributed by atoms with Crippen molar-refractivity contribution in [3.63, 3.8) is 0 Å². The van der Waals surface area contributed by atoms with E-state index < -0.39 is 0 Å². The molecule has 0 aliphatic heterocycles. The zero-order valence-corrected chi connectivity index (χ0v) is 12.6. The normalized spacial score (nSPS) is 12.8. The molecule has 19 heavy (non-hydrogen) atoms. The fourth-order valence-corrected chi connectivity index (χ4v) is 2.49. The van der Waals surface area contributed by atoms with Crippen LogP contribution in [0, 0.1) is 0 Å². The molecule has 0 radical (unpaired) electrons. The maximum atomic E-state index is 8.74. The summed E-state index contributed by atoms with van der Waals surface area (Å²) in [6.45, 7) is 6.85. The van der Waals surface area contributed by atoms with Gasteiger partial charge >= 0.3 is 0 Å². The second-order valence-corrected chi connectivity index (χ2v) is 5.22. The van der Waals surface area contributed by atoms with Gasteiger partial charge in [0.05, 0.1) is 0 Å². The van der Waals surface area contributed by atoms with Gasteiger partial charge in [-0.15, -0.1) is 0 Å². The van der Waals surface area contributed by atoms with Gasteiger partial charge < -0.3 is 15.0 Å². The smallest absolute Gasteiger partial charge is 0.0431 e. The molecule has 1 aromatic heterocycles.